The molecule has 0 spiro atoms. The van der Waals surface area contributed by atoms with Gasteiger partial charge in [0.05, 0.1) is 44.1 Å². The fraction of sp³-hybridized carbons (Fsp3) is 0.400. The topological polar surface area (TPSA) is 132 Å². The molecule has 3 aliphatic heterocycles. The zero-order chi connectivity index (χ0) is 25.9. The van der Waals surface area contributed by atoms with Gasteiger partial charge < -0.3 is 34.5 Å². The molecule has 3 aliphatic rings. The molecule has 0 amide bonds. The average Bonchev–Trinajstić information content (AvgIpc) is 3.67. The highest BCUT2D eigenvalue weighted by molar-refractivity contribution is 7.80. The molecule has 2 aromatic carbocycles. The Morgan fingerprint density at radius 2 is 1.92 bits per heavy atom. The second kappa shape index (κ2) is 10.9. The normalized spacial score (nSPS) is 24.4. The quantitative estimate of drug-likeness (QED) is 0.448. The molecule has 1 aromatic heterocycles. The molecule has 6 rings (SSSR count). The number of thiocarbonyl (C=S) groups is 1. The van der Waals surface area contributed by atoms with Crippen LogP contribution in [0, 0.1) is 11.3 Å². The van der Waals surface area contributed by atoms with Crippen molar-refractivity contribution in [1.29, 1.82) is 5.26 Å². The number of anilines is 2. The summed E-state index contributed by atoms with van der Waals surface area (Å²) in [6.45, 7) is 3.86. The zero-order valence-electron chi connectivity index (χ0n) is 20.4. The Morgan fingerprint density at radius 1 is 1.08 bits per heavy atom. The molecule has 4 atom stereocenters. The van der Waals surface area contributed by atoms with Crippen molar-refractivity contribution in [2.75, 3.05) is 49.7 Å². The molecule has 0 saturated carbocycles. The first-order valence-corrected chi connectivity index (χ1v) is 12.8. The Labute approximate surface area is 224 Å². The molecule has 2 N–H and O–H groups in total. The van der Waals surface area contributed by atoms with Crippen molar-refractivity contribution in [2.24, 2.45) is 0 Å². The van der Waals surface area contributed by atoms with E-state index in [1.165, 1.54) is 0 Å². The van der Waals surface area contributed by atoms with Gasteiger partial charge >= 0.3 is 6.01 Å². The molecule has 0 bridgehead atoms. The van der Waals surface area contributed by atoms with E-state index in [2.05, 4.69) is 43.2 Å². The predicted molar refractivity (Wildman–Crippen MR) is 140 cm³/mol. The van der Waals surface area contributed by atoms with E-state index in [9.17, 15) is 0 Å². The number of nitrogens with one attached hydrogen (secondary N) is 2. The maximum atomic E-state index is 9.11. The molecule has 12 nitrogen and oxygen atoms in total. The molecular formula is C25H26N8O4S. The number of nitriles is 1. The van der Waals surface area contributed by atoms with Crippen LogP contribution in [0.1, 0.15) is 11.6 Å². The molecule has 4 unspecified atom stereocenters. The minimum absolute atomic E-state index is 0.157. The van der Waals surface area contributed by atoms with Crippen LogP contribution in [0.4, 0.5) is 11.4 Å². The van der Waals surface area contributed by atoms with Crippen molar-refractivity contribution in [1.82, 2.24) is 25.5 Å². The van der Waals surface area contributed by atoms with E-state index >= 15 is 0 Å². The first-order chi connectivity index (χ1) is 18.7. The van der Waals surface area contributed by atoms with Crippen LogP contribution < -0.4 is 20.3 Å². The van der Waals surface area contributed by atoms with Crippen molar-refractivity contribution in [3.05, 3.63) is 54.1 Å². The largest absolute Gasteiger partial charge is 0.423 e. The lowest BCUT2D eigenvalue weighted by Gasteiger charge is -2.29. The summed E-state index contributed by atoms with van der Waals surface area (Å²) >= 11 is 5.49. The second-order valence-electron chi connectivity index (χ2n) is 9.17. The molecule has 3 saturated heterocycles. The second-order valence-corrected chi connectivity index (χ2v) is 9.57. The van der Waals surface area contributed by atoms with Gasteiger partial charge in [-0.05, 0) is 53.0 Å². The number of tetrazole rings is 1. The van der Waals surface area contributed by atoms with E-state index in [-0.39, 0.29) is 30.3 Å². The molecule has 196 valence electrons. The van der Waals surface area contributed by atoms with Crippen LogP contribution >= 0.6 is 12.2 Å². The molecular weight excluding hydrogens is 508 g/mol. The van der Waals surface area contributed by atoms with Gasteiger partial charge in [-0.15, -0.1) is 0 Å². The van der Waals surface area contributed by atoms with Crippen LogP contribution in [-0.2, 0) is 14.2 Å². The maximum Gasteiger partial charge on any atom is 0.341 e. The number of benzene rings is 2. The number of hydrogen-bond donors (Lipinski definition) is 2. The highest BCUT2D eigenvalue weighted by atomic mass is 32.1. The summed E-state index contributed by atoms with van der Waals surface area (Å²) in [4.78, 5) is 2.26. The van der Waals surface area contributed by atoms with Gasteiger partial charge in [0.1, 0.15) is 24.0 Å². The van der Waals surface area contributed by atoms with E-state index in [1.807, 2.05) is 24.3 Å². The number of rotatable bonds is 6. The summed E-state index contributed by atoms with van der Waals surface area (Å²) < 4.78 is 25.4. The van der Waals surface area contributed by atoms with Crippen molar-refractivity contribution >= 4 is 28.7 Å². The lowest BCUT2D eigenvalue weighted by molar-refractivity contribution is 0.0615. The lowest BCUT2D eigenvalue weighted by atomic mass is 10.1. The molecule has 13 heteroatoms. The fourth-order valence-corrected chi connectivity index (χ4v) is 5.22. The summed E-state index contributed by atoms with van der Waals surface area (Å²) in [5.41, 5.74) is 2.35. The molecule has 3 fully saturated rings. The van der Waals surface area contributed by atoms with Gasteiger partial charge in [0.15, 0.2) is 5.11 Å². The average molecular weight is 535 g/mol. The van der Waals surface area contributed by atoms with E-state index in [4.69, 9.17) is 36.4 Å². The minimum Gasteiger partial charge on any atom is -0.423 e. The van der Waals surface area contributed by atoms with Gasteiger partial charge in [0, 0.05) is 30.5 Å². The zero-order valence-corrected chi connectivity index (χ0v) is 21.2. The van der Waals surface area contributed by atoms with E-state index in [0.717, 1.165) is 24.5 Å². The van der Waals surface area contributed by atoms with E-state index in [0.29, 0.717) is 42.9 Å². The number of aromatic nitrogens is 4. The Kier molecular flexibility index (Phi) is 7.02. The summed E-state index contributed by atoms with van der Waals surface area (Å²) in [6.07, 6.45) is -0.519. The van der Waals surface area contributed by atoms with Crippen LogP contribution in [0.25, 0.3) is 0 Å². The fourth-order valence-electron chi connectivity index (χ4n) is 4.95. The first-order valence-electron chi connectivity index (χ1n) is 12.4. The van der Waals surface area contributed by atoms with Crippen molar-refractivity contribution < 1.29 is 18.9 Å². The van der Waals surface area contributed by atoms with Crippen LogP contribution in [-0.4, -0.2) is 83.1 Å². The van der Waals surface area contributed by atoms with Gasteiger partial charge in [-0.3, -0.25) is 0 Å². The van der Waals surface area contributed by atoms with Gasteiger partial charge in [-0.1, -0.05) is 17.2 Å². The number of morpholine rings is 1. The third-order valence-electron chi connectivity index (χ3n) is 6.77. The molecule has 0 aliphatic carbocycles. The number of ether oxygens (including phenoxy) is 4. The van der Waals surface area contributed by atoms with E-state index < -0.39 is 0 Å². The smallest absolute Gasteiger partial charge is 0.341 e. The summed E-state index contributed by atoms with van der Waals surface area (Å²) in [5, 5.41) is 28.1. The van der Waals surface area contributed by atoms with Crippen molar-refractivity contribution in [2.45, 2.75) is 24.3 Å². The van der Waals surface area contributed by atoms with Gasteiger partial charge in [-0.25, -0.2) is 0 Å². The van der Waals surface area contributed by atoms with Gasteiger partial charge in [0.25, 0.3) is 0 Å². The Hall–Kier alpha value is -3.83. The number of hydrogen-bond acceptors (Lipinski definition) is 10. The van der Waals surface area contributed by atoms with Crippen molar-refractivity contribution in [3.63, 3.8) is 0 Å². The monoisotopic (exact) mass is 534 g/mol. The summed E-state index contributed by atoms with van der Waals surface area (Å²) in [6, 6.07) is 17.0. The molecule has 3 aromatic rings. The van der Waals surface area contributed by atoms with Crippen LogP contribution in [0.2, 0.25) is 0 Å². The van der Waals surface area contributed by atoms with Crippen LogP contribution in [0.3, 0.4) is 0 Å². The first kappa shape index (κ1) is 24.5. The SMILES string of the molecule is N#Cc1cccc(NC(=S)NC2COC3C2OCC3n2nnnc2Oc2cccc(N3CCOCC3)c2)c1. The predicted octanol–water partition coefficient (Wildman–Crippen LogP) is 1.87. The Bertz CT molecular complexity index is 1340. The Morgan fingerprint density at radius 3 is 2.79 bits per heavy atom. The third-order valence-corrected chi connectivity index (χ3v) is 6.99. The van der Waals surface area contributed by atoms with Gasteiger partial charge in [0.2, 0.25) is 0 Å². The minimum atomic E-state index is -0.275. The summed E-state index contributed by atoms with van der Waals surface area (Å²) in [7, 11) is 0. The number of fused-ring (bicyclic) bond motifs is 1. The highest BCUT2D eigenvalue weighted by Crippen LogP contribution is 2.36. The number of nitrogens with zero attached hydrogens (tertiary/aromatic N) is 6. The lowest BCUT2D eigenvalue weighted by Crippen LogP contribution is -2.45. The van der Waals surface area contributed by atoms with Gasteiger partial charge in [-0.2, -0.15) is 9.94 Å². The molecule has 38 heavy (non-hydrogen) atoms. The van der Waals surface area contributed by atoms with Crippen LogP contribution in [0.15, 0.2) is 48.5 Å². The highest BCUT2D eigenvalue weighted by Gasteiger charge is 2.50. The molecule has 4 heterocycles. The van der Waals surface area contributed by atoms with Crippen LogP contribution in [0.5, 0.6) is 11.8 Å². The van der Waals surface area contributed by atoms with Crippen molar-refractivity contribution in [3.8, 4) is 17.8 Å². The standard InChI is InChI=1S/C25H26N8O4S/c26-13-16-3-1-4-17(11-16)27-24(38)28-20-14-35-23-21(15-36-22(20)23)33-25(29-30-31-33)37-19-6-2-5-18(12-19)32-7-9-34-10-8-32/h1-6,11-12,20-23H,7-10,14-15H2,(H2,27,28,38). The Balaban J connectivity index is 1.10. The third kappa shape index (κ3) is 5.11. The summed E-state index contributed by atoms with van der Waals surface area (Å²) in [5.74, 6) is 0.643. The van der Waals surface area contributed by atoms with E-state index in [1.54, 1.807) is 22.9 Å². The molecule has 0 radical (unpaired) electrons. The maximum absolute atomic E-state index is 9.11.